The summed E-state index contributed by atoms with van der Waals surface area (Å²) in [4.78, 5) is 12.2. The zero-order valence-electron chi connectivity index (χ0n) is 11.4. The summed E-state index contributed by atoms with van der Waals surface area (Å²) in [6, 6.07) is 19.5. The van der Waals surface area contributed by atoms with Gasteiger partial charge in [0.15, 0.2) is 0 Å². The number of hydrogen-bond acceptors (Lipinski definition) is 1. The molecule has 0 fully saturated rings. The molecule has 3 aromatic rings. The van der Waals surface area contributed by atoms with E-state index in [4.69, 9.17) is 0 Å². The van der Waals surface area contributed by atoms with Crippen LogP contribution in [0.5, 0.6) is 0 Å². The lowest BCUT2D eigenvalue weighted by atomic mass is 10.1. The maximum Gasteiger partial charge on any atom is 0.251 e. The molecule has 0 amide bonds. The number of pyridine rings is 1. The van der Waals surface area contributed by atoms with Crippen molar-refractivity contribution < 1.29 is 4.39 Å². The van der Waals surface area contributed by atoms with Crippen LogP contribution in [0.2, 0.25) is 0 Å². The first kappa shape index (κ1) is 13.3. The van der Waals surface area contributed by atoms with Gasteiger partial charge in [-0.15, -0.1) is 0 Å². The minimum Gasteiger partial charge on any atom is -0.311 e. The van der Waals surface area contributed by atoms with E-state index in [0.29, 0.717) is 6.54 Å². The number of benzene rings is 2. The average Bonchev–Trinajstić information content (AvgIpc) is 2.50. The fraction of sp³-hybridized carbons (Fsp3) is 0.0556. The van der Waals surface area contributed by atoms with Gasteiger partial charge in [0.2, 0.25) is 0 Å². The lowest BCUT2D eigenvalue weighted by molar-refractivity contribution is 0.623. The van der Waals surface area contributed by atoms with Crippen LogP contribution in [0.3, 0.4) is 0 Å². The van der Waals surface area contributed by atoms with Crippen LogP contribution < -0.4 is 5.56 Å². The Morgan fingerprint density at radius 3 is 2.38 bits per heavy atom. The fourth-order valence-corrected chi connectivity index (χ4v) is 2.28. The molecule has 3 heteroatoms. The molecule has 104 valence electrons. The Bertz CT molecular complexity index is 809. The predicted molar refractivity (Wildman–Crippen MR) is 81.6 cm³/mol. The van der Waals surface area contributed by atoms with E-state index >= 15 is 0 Å². The van der Waals surface area contributed by atoms with Gasteiger partial charge in [-0.2, -0.15) is 0 Å². The largest absolute Gasteiger partial charge is 0.311 e. The summed E-state index contributed by atoms with van der Waals surface area (Å²) in [6.07, 6.45) is 1.75. The molecule has 2 aromatic carbocycles. The second-order valence-corrected chi connectivity index (χ2v) is 4.88. The molecule has 0 bridgehead atoms. The van der Waals surface area contributed by atoms with Crippen LogP contribution >= 0.6 is 0 Å². The van der Waals surface area contributed by atoms with E-state index in [0.717, 1.165) is 16.7 Å². The standard InChI is InChI=1S/C18H14FNO/c19-17-8-4-5-14(11-17)13-20-10-9-16(12-18(20)21)15-6-2-1-3-7-15/h1-12H,13H2. The molecule has 0 aliphatic rings. The van der Waals surface area contributed by atoms with Gasteiger partial charge in [-0.3, -0.25) is 4.79 Å². The van der Waals surface area contributed by atoms with Gasteiger partial charge in [-0.25, -0.2) is 4.39 Å². The summed E-state index contributed by atoms with van der Waals surface area (Å²) in [6.45, 7) is 0.367. The summed E-state index contributed by atoms with van der Waals surface area (Å²) >= 11 is 0. The van der Waals surface area contributed by atoms with Gasteiger partial charge in [0, 0.05) is 12.3 Å². The smallest absolute Gasteiger partial charge is 0.251 e. The molecule has 0 saturated carbocycles. The number of aromatic nitrogens is 1. The molecular weight excluding hydrogens is 265 g/mol. The number of halogens is 1. The van der Waals surface area contributed by atoms with E-state index in [2.05, 4.69) is 0 Å². The van der Waals surface area contributed by atoms with E-state index in [1.165, 1.54) is 12.1 Å². The second kappa shape index (κ2) is 5.75. The molecule has 21 heavy (non-hydrogen) atoms. The average molecular weight is 279 g/mol. The highest BCUT2D eigenvalue weighted by atomic mass is 19.1. The maximum absolute atomic E-state index is 13.2. The minimum absolute atomic E-state index is 0.0967. The normalized spacial score (nSPS) is 10.5. The van der Waals surface area contributed by atoms with Gasteiger partial charge >= 0.3 is 0 Å². The summed E-state index contributed by atoms with van der Waals surface area (Å²) in [7, 11) is 0. The first-order chi connectivity index (χ1) is 10.2. The van der Waals surface area contributed by atoms with E-state index in [1.807, 2.05) is 36.4 Å². The molecule has 0 unspecified atom stereocenters. The number of nitrogens with zero attached hydrogens (tertiary/aromatic N) is 1. The van der Waals surface area contributed by atoms with Gasteiger partial charge in [0.25, 0.3) is 5.56 Å². The van der Waals surface area contributed by atoms with Crippen LogP contribution in [0, 0.1) is 5.82 Å². The van der Waals surface area contributed by atoms with Crippen LogP contribution in [-0.4, -0.2) is 4.57 Å². The SMILES string of the molecule is O=c1cc(-c2ccccc2)ccn1Cc1cccc(F)c1. The van der Waals surface area contributed by atoms with Crippen molar-refractivity contribution in [2.24, 2.45) is 0 Å². The topological polar surface area (TPSA) is 22.0 Å². The third-order valence-corrected chi connectivity index (χ3v) is 3.35. The molecular formula is C18H14FNO. The van der Waals surface area contributed by atoms with Crippen LogP contribution in [0.15, 0.2) is 77.7 Å². The Balaban J connectivity index is 1.90. The van der Waals surface area contributed by atoms with Crippen molar-refractivity contribution in [3.8, 4) is 11.1 Å². The molecule has 0 atom stereocenters. The fourth-order valence-electron chi connectivity index (χ4n) is 2.28. The van der Waals surface area contributed by atoms with E-state index < -0.39 is 0 Å². The van der Waals surface area contributed by atoms with E-state index in [9.17, 15) is 9.18 Å². The van der Waals surface area contributed by atoms with E-state index in [1.54, 1.807) is 29.0 Å². The van der Waals surface area contributed by atoms with Crippen molar-refractivity contribution in [1.29, 1.82) is 0 Å². The highest BCUT2D eigenvalue weighted by molar-refractivity contribution is 5.62. The van der Waals surface area contributed by atoms with Crippen LogP contribution in [-0.2, 0) is 6.54 Å². The molecule has 0 aliphatic heterocycles. The lowest BCUT2D eigenvalue weighted by Gasteiger charge is -2.07. The van der Waals surface area contributed by atoms with Crippen molar-refractivity contribution >= 4 is 0 Å². The van der Waals surface area contributed by atoms with Crippen molar-refractivity contribution in [3.63, 3.8) is 0 Å². The van der Waals surface area contributed by atoms with Crippen molar-refractivity contribution in [1.82, 2.24) is 4.57 Å². The third kappa shape index (κ3) is 3.08. The molecule has 0 aliphatic carbocycles. The highest BCUT2D eigenvalue weighted by Gasteiger charge is 2.02. The Morgan fingerprint density at radius 2 is 1.67 bits per heavy atom. The van der Waals surface area contributed by atoms with Crippen LogP contribution in [0.1, 0.15) is 5.56 Å². The molecule has 1 aromatic heterocycles. The monoisotopic (exact) mass is 279 g/mol. The van der Waals surface area contributed by atoms with Gasteiger partial charge in [0.1, 0.15) is 5.82 Å². The predicted octanol–water partition coefficient (Wildman–Crippen LogP) is 3.70. The zero-order chi connectivity index (χ0) is 14.7. The van der Waals surface area contributed by atoms with Crippen molar-refractivity contribution in [3.05, 3.63) is 94.7 Å². The third-order valence-electron chi connectivity index (χ3n) is 3.35. The summed E-state index contributed by atoms with van der Waals surface area (Å²) in [5.74, 6) is -0.290. The Hall–Kier alpha value is -2.68. The Labute approximate surface area is 122 Å². The Morgan fingerprint density at radius 1 is 0.857 bits per heavy atom. The number of hydrogen-bond donors (Lipinski definition) is 0. The molecule has 0 N–H and O–H groups in total. The van der Waals surface area contributed by atoms with Crippen molar-refractivity contribution in [2.75, 3.05) is 0 Å². The van der Waals surface area contributed by atoms with Gasteiger partial charge < -0.3 is 4.57 Å². The highest BCUT2D eigenvalue weighted by Crippen LogP contribution is 2.16. The second-order valence-electron chi connectivity index (χ2n) is 4.88. The van der Waals surface area contributed by atoms with Gasteiger partial charge in [-0.05, 0) is 34.9 Å². The van der Waals surface area contributed by atoms with Crippen LogP contribution in [0.25, 0.3) is 11.1 Å². The first-order valence-corrected chi connectivity index (χ1v) is 6.73. The molecule has 0 radical (unpaired) electrons. The maximum atomic E-state index is 13.2. The molecule has 0 spiro atoms. The Kier molecular flexibility index (Phi) is 3.65. The molecule has 2 nitrogen and oxygen atoms in total. The lowest BCUT2D eigenvalue weighted by Crippen LogP contribution is -2.19. The quantitative estimate of drug-likeness (QED) is 0.716. The summed E-state index contributed by atoms with van der Waals surface area (Å²) in [5.41, 5.74) is 2.56. The summed E-state index contributed by atoms with van der Waals surface area (Å²) in [5, 5.41) is 0. The summed E-state index contributed by atoms with van der Waals surface area (Å²) < 4.78 is 14.7. The molecule has 0 saturated heterocycles. The van der Waals surface area contributed by atoms with Gasteiger partial charge in [0.05, 0.1) is 6.54 Å². The van der Waals surface area contributed by atoms with Crippen molar-refractivity contribution in [2.45, 2.75) is 6.54 Å². The molecule has 1 heterocycles. The minimum atomic E-state index is -0.290. The molecule has 3 rings (SSSR count). The first-order valence-electron chi connectivity index (χ1n) is 6.73. The number of rotatable bonds is 3. The van der Waals surface area contributed by atoms with Gasteiger partial charge in [-0.1, -0.05) is 42.5 Å². The van der Waals surface area contributed by atoms with E-state index in [-0.39, 0.29) is 11.4 Å². The zero-order valence-corrected chi connectivity index (χ0v) is 11.4. The van der Waals surface area contributed by atoms with Crippen LogP contribution in [0.4, 0.5) is 4.39 Å².